The molecule has 0 bridgehead atoms. The molecule has 1 atom stereocenters. The average molecular weight is 383 g/mol. The van der Waals surface area contributed by atoms with Crippen LogP contribution in [0.25, 0.3) is 0 Å². The number of nitrogens with zero attached hydrogens (tertiary/aromatic N) is 2. The summed E-state index contributed by atoms with van der Waals surface area (Å²) in [7, 11) is 0. The van der Waals surface area contributed by atoms with E-state index in [1.54, 1.807) is 11.8 Å². The van der Waals surface area contributed by atoms with Crippen LogP contribution in [0.4, 0.5) is 0 Å². The third-order valence-electron chi connectivity index (χ3n) is 4.56. The molecule has 5 nitrogen and oxygen atoms in total. The molecule has 2 fully saturated rings. The predicted octanol–water partition coefficient (Wildman–Crippen LogP) is 2.67. The standard InChI is InChI=1S/C18H23ClN2O3S/c19-14-4-1-2-6-16(14)25-13-7-17(22)20-8-10-21(11-9-20)18(23)15-5-3-12-24-15/h1-2,4,6,15H,3,5,7-13H2. The van der Waals surface area contributed by atoms with E-state index >= 15 is 0 Å². The molecule has 0 aliphatic carbocycles. The van der Waals surface area contributed by atoms with Gasteiger partial charge in [0.2, 0.25) is 5.91 Å². The summed E-state index contributed by atoms with van der Waals surface area (Å²) < 4.78 is 5.46. The highest BCUT2D eigenvalue weighted by Gasteiger charge is 2.31. The van der Waals surface area contributed by atoms with Gasteiger partial charge in [-0.25, -0.2) is 0 Å². The van der Waals surface area contributed by atoms with Gasteiger partial charge in [-0.3, -0.25) is 9.59 Å². The van der Waals surface area contributed by atoms with Crippen LogP contribution >= 0.6 is 23.4 Å². The molecule has 2 heterocycles. The maximum atomic E-state index is 12.4. The first kappa shape index (κ1) is 18.5. The Bertz CT molecular complexity index is 614. The summed E-state index contributed by atoms with van der Waals surface area (Å²) in [6.07, 6.45) is 1.99. The molecule has 2 saturated heterocycles. The number of ether oxygens (including phenoxy) is 1. The lowest BCUT2D eigenvalue weighted by Crippen LogP contribution is -2.52. The van der Waals surface area contributed by atoms with E-state index in [0.717, 1.165) is 22.8 Å². The van der Waals surface area contributed by atoms with E-state index in [4.69, 9.17) is 16.3 Å². The Morgan fingerprint density at radius 1 is 1.16 bits per heavy atom. The summed E-state index contributed by atoms with van der Waals surface area (Å²) in [6, 6.07) is 7.66. The summed E-state index contributed by atoms with van der Waals surface area (Å²) >= 11 is 7.73. The van der Waals surface area contributed by atoms with Gasteiger partial charge in [0.05, 0.1) is 5.02 Å². The molecule has 2 aliphatic heterocycles. The quantitative estimate of drug-likeness (QED) is 0.735. The average Bonchev–Trinajstić information content (AvgIpc) is 3.17. The normalized spacial score (nSPS) is 20.8. The third kappa shape index (κ3) is 4.90. The van der Waals surface area contributed by atoms with Crippen molar-refractivity contribution in [3.8, 4) is 0 Å². The van der Waals surface area contributed by atoms with Crippen molar-refractivity contribution in [1.82, 2.24) is 9.80 Å². The Kier molecular flexibility index (Phi) is 6.62. The Balaban J connectivity index is 1.39. The van der Waals surface area contributed by atoms with Crippen LogP contribution in [-0.4, -0.2) is 66.3 Å². The van der Waals surface area contributed by atoms with E-state index in [0.29, 0.717) is 45.0 Å². The van der Waals surface area contributed by atoms with Crippen molar-refractivity contribution < 1.29 is 14.3 Å². The minimum atomic E-state index is -0.269. The molecule has 1 aromatic carbocycles. The maximum absolute atomic E-state index is 12.4. The number of rotatable bonds is 5. The van der Waals surface area contributed by atoms with Gasteiger partial charge in [-0.1, -0.05) is 23.7 Å². The minimum absolute atomic E-state index is 0.0823. The lowest BCUT2D eigenvalue weighted by Gasteiger charge is -2.35. The minimum Gasteiger partial charge on any atom is -0.368 e. The van der Waals surface area contributed by atoms with Crippen LogP contribution in [0, 0.1) is 0 Å². The second-order valence-electron chi connectivity index (χ2n) is 6.24. The van der Waals surface area contributed by atoms with Gasteiger partial charge in [0.1, 0.15) is 6.10 Å². The van der Waals surface area contributed by atoms with Gasteiger partial charge in [-0.15, -0.1) is 11.8 Å². The molecule has 0 N–H and O–H groups in total. The van der Waals surface area contributed by atoms with Gasteiger partial charge >= 0.3 is 0 Å². The number of carbonyl (C=O) groups is 2. The predicted molar refractivity (Wildman–Crippen MR) is 98.9 cm³/mol. The SMILES string of the molecule is O=C(CCSc1ccccc1Cl)N1CCN(C(=O)C2CCCO2)CC1. The molecule has 0 aromatic heterocycles. The fraction of sp³-hybridized carbons (Fsp3) is 0.556. The number of piperazine rings is 1. The molecule has 0 spiro atoms. The molecule has 136 valence electrons. The van der Waals surface area contributed by atoms with Crippen molar-refractivity contribution in [2.75, 3.05) is 38.5 Å². The molecule has 2 aliphatic rings. The fourth-order valence-corrected chi connectivity index (χ4v) is 4.30. The topological polar surface area (TPSA) is 49.9 Å². The number of hydrogen-bond donors (Lipinski definition) is 0. The highest BCUT2D eigenvalue weighted by Crippen LogP contribution is 2.27. The molecule has 3 rings (SSSR count). The second kappa shape index (κ2) is 8.92. The van der Waals surface area contributed by atoms with Crippen LogP contribution in [0.1, 0.15) is 19.3 Å². The summed E-state index contributed by atoms with van der Waals surface area (Å²) in [5.74, 6) is 0.931. The van der Waals surface area contributed by atoms with Crippen LogP contribution in [0.15, 0.2) is 29.2 Å². The summed E-state index contributed by atoms with van der Waals surface area (Å²) in [4.78, 5) is 29.4. The van der Waals surface area contributed by atoms with Crippen LogP contribution in [-0.2, 0) is 14.3 Å². The van der Waals surface area contributed by atoms with E-state index in [9.17, 15) is 9.59 Å². The Morgan fingerprint density at radius 2 is 1.88 bits per heavy atom. The molecule has 0 saturated carbocycles. The van der Waals surface area contributed by atoms with Gasteiger partial charge in [0.15, 0.2) is 0 Å². The first-order valence-electron chi connectivity index (χ1n) is 8.70. The van der Waals surface area contributed by atoms with E-state index in [-0.39, 0.29) is 17.9 Å². The molecule has 7 heteroatoms. The molecule has 1 unspecified atom stereocenters. The van der Waals surface area contributed by atoms with Gasteiger partial charge < -0.3 is 14.5 Å². The number of halogens is 1. The first-order chi connectivity index (χ1) is 12.1. The zero-order valence-corrected chi connectivity index (χ0v) is 15.7. The lowest BCUT2D eigenvalue weighted by molar-refractivity contribution is -0.145. The summed E-state index contributed by atoms with van der Waals surface area (Å²) in [6.45, 7) is 3.09. The first-order valence-corrected chi connectivity index (χ1v) is 10.1. The van der Waals surface area contributed by atoms with Crippen LogP contribution in [0.3, 0.4) is 0 Å². The monoisotopic (exact) mass is 382 g/mol. The fourth-order valence-electron chi connectivity index (χ4n) is 3.12. The van der Waals surface area contributed by atoms with E-state index < -0.39 is 0 Å². The molecular formula is C18H23ClN2O3S. The third-order valence-corrected chi connectivity index (χ3v) is 6.08. The van der Waals surface area contributed by atoms with Crippen molar-refractivity contribution in [3.63, 3.8) is 0 Å². The molecule has 2 amide bonds. The van der Waals surface area contributed by atoms with Crippen LogP contribution < -0.4 is 0 Å². The molecule has 1 aromatic rings. The van der Waals surface area contributed by atoms with Gasteiger partial charge in [-0.05, 0) is 25.0 Å². The van der Waals surface area contributed by atoms with Crippen LogP contribution in [0.5, 0.6) is 0 Å². The number of hydrogen-bond acceptors (Lipinski definition) is 4. The van der Waals surface area contributed by atoms with Crippen molar-refractivity contribution in [1.29, 1.82) is 0 Å². The Labute approximate surface area is 157 Å². The molecule has 0 radical (unpaired) electrons. The Hall–Kier alpha value is -1.24. The Morgan fingerprint density at radius 3 is 2.56 bits per heavy atom. The molecular weight excluding hydrogens is 360 g/mol. The van der Waals surface area contributed by atoms with Crippen LogP contribution in [0.2, 0.25) is 5.02 Å². The summed E-state index contributed by atoms with van der Waals surface area (Å²) in [5.41, 5.74) is 0. The van der Waals surface area contributed by atoms with E-state index in [1.807, 2.05) is 34.1 Å². The van der Waals surface area contributed by atoms with Crippen molar-refractivity contribution in [3.05, 3.63) is 29.3 Å². The van der Waals surface area contributed by atoms with Crippen molar-refractivity contribution in [2.45, 2.75) is 30.3 Å². The highest BCUT2D eigenvalue weighted by molar-refractivity contribution is 7.99. The lowest BCUT2D eigenvalue weighted by atomic mass is 10.2. The maximum Gasteiger partial charge on any atom is 0.251 e. The smallest absolute Gasteiger partial charge is 0.251 e. The zero-order valence-electron chi connectivity index (χ0n) is 14.2. The van der Waals surface area contributed by atoms with Gasteiger partial charge in [-0.2, -0.15) is 0 Å². The van der Waals surface area contributed by atoms with E-state index in [2.05, 4.69) is 0 Å². The summed E-state index contributed by atoms with van der Waals surface area (Å²) in [5, 5.41) is 0.723. The largest absolute Gasteiger partial charge is 0.368 e. The van der Waals surface area contributed by atoms with Gasteiger partial charge in [0.25, 0.3) is 5.91 Å². The number of thioether (sulfide) groups is 1. The number of carbonyl (C=O) groups excluding carboxylic acids is 2. The second-order valence-corrected chi connectivity index (χ2v) is 7.78. The van der Waals surface area contributed by atoms with Gasteiger partial charge in [0, 0.05) is 49.9 Å². The van der Waals surface area contributed by atoms with Crippen molar-refractivity contribution >= 4 is 35.2 Å². The van der Waals surface area contributed by atoms with Crippen molar-refractivity contribution in [2.24, 2.45) is 0 Å². The number of amides is 2. The highest BCUT2D eigenvalue weighted by atomic mass is 35.5. The zero-order chi connectivity index (χ0) is 17.6. The number of benzene rings is 1. The van der Waals surface area contributed by atoms with E-state index in [1.165, 1.54) is 0 Å². The molecule has 25 heavy (non-hydrogen) atoms.